The Balaban J connectivity index is 2.74. The number of hydrogen-bond acceptors (Lipinski definition) is 2. The lowest BCUT2D eigenvalue weighted by Crippen LogP contribution is -2.42. The minimum absolute atomic E-state index is 1.11. The van der Waals surface area contributed by atoms with E-state index in [0.717, 1.165) is 5.69 Å². The SMILES string of the molecule is C[Si](C)(C)N/C(=C(/c1ccccn1)[Si](C)(C)C)c1ccccc1. The second-order valence-electron chi connectivity index (χ2n) is 7.96. The molecule has 0 atom stereocenters. The van der Waals surface area contributed by atoms with Crippen LogP contribution in [0.2, 0.25) is 39.3 Å². The number of nitrogens with one attached hydrogen (secondary N) is 1. The van der Waals surface area contributed by atoms with Crippen molar-refractivity contribution in [3.63, 3.8) is 0 Å². The molecule has 0 aliphatic rings. The van der Waals surface area contributed by atoms with Crippen LogP contribution in [0.3, 0.4) is 0 Å². The predicted octanol–water partition coefficient (Wildman–Crippen LogP) is 5.25. The highest BCUT2D eigenvalue weighted by molar-refractivity contribution is 6.95. The van der Waals surface area contributed by atoms with Crippen LogP contribution in [0.1, 0.15) is 11.3 Å². The minimum atomic E-state index is -1.60. The molecule has 0 bridgehead atoms. The van der Waals surface area contributed by atoms with Crippen LogP contribution in [0.5, 0.6) is 0 Å². The van der Waals surface area contributed by atoms with Gasteiger partial charge in [-0.2, -0.15) is 0 Å². The first-order valence-electron chi connectivity index (χ1n) is 8.18. The lowest BCUT2D eigenvalue weighted by molar-refractivity contribution is 1.24. The molecule has 0 radical (unpaired) electrons. The van der Waals surface area contributed by atoms with Gasteiger partial charge >= 0.3 is 0 Å². The monoisotopic (exact) mass is 340 g/mol. The molecule has 0 spiro atoms. The third-order valence-corrected chi connectivity index (χ3v) is 6.49. The lowest BCUT2D eigenvalue weighted by atomic mass is 10.1. The van der Waals surface area contributed by atoms with Crippen molar-refractivity contribution >= 4 is 27.2 Å². The molecule has 0 amide bonds. The largest absolute Gasteiger partial charge is 0.410 e. The Kier molecular flexibility index (Phi) is 5.27. The van der Waals surface area contributed by atoms with E-state index in [-0.39, 0.29) is 0 Å². The molecule has 0 saturated heterocycles. The van der Waals surface area contributed by atoms with Gasteiger partial charge in [-0.15, -0.1) is 0 Å². The molecular weight excluding hydrogens is 312 g/mol. The number of nitrogens with zero attached hydrogens (tertiary/aromatic N) is 1. The third kappa shape index (κ3) is 4.91. The van der Waals surface area contributed by atoms with E-state index in [1.165, 1.54) is 16.5 Å². The van der Waals surface area contributed by atoms with Gasteiger partial charge in [0.15, 0.2) is 0 Å². The van der Waals surface area contributed by atoms with E-state index in [2.05, 4.69) is 91.7 Å². The molecule has 0 saturated carbocycles. The van der Waals surface area contributed by atoms with Crippen molar-refractivity contribution in [2.45, 2.75) is 39.3 Å². The molecule has 2 nitrogen and oxygen atoms in total. The van der Waals surface area contributed by atoms with Gasteiger partial charge in [0.2, 0.25) is 0 Å². The molecule has 0 fully saturated rings. The number of pyridine rings is 1. The van der Waals surface area contributed by atoms with Crippen molar-refractivity contribution in [3.05, 3.63) is 66.0 Å². The van der Waals surface area contributed by atoms with E-state index >= 15 is 0 Å². The quantitative estimate of drug-likeness (QED) is 0.752. The zero-order valence-electron chi connectivity index (χ0n) is 15.1. The fourth-order valence-electron chi connectivity index (χ4n) is 2.66. The second-order valence-corrected chi connectivity index (χ2v) is 17.7. The van der Waals surface area contributed by atoms with Crippen LogP contribution >= 0.6 is 0 Å². The van der Waals surface area contributed by atoms with Crippen molar-refractivity contribution in [3.8, 4) is 0 Å². The minimum Gasteiger partial charge on any atom is -0.410 e. The van der Waals surface area contributed by atoms with Crippen LogP contribution in [0.25, 0.3) is 10.9 Å². The molecule has 4 heteroatoms. The van der Waals surface area contributed by atoms with Gasteiger partial charge in [0.25, 0.3) is 0 Å². The molecule has 1 aromatic heterocycles. The Morgan fingerprint density at radius 2 is 1.43 bits per heavy atom. The average Bonchev–Trinajstić information content (AvgIpc) is 2.46. The Labute approximate surface area is 142 Å². The highest BCUT2D eigenvalue weighted by Gasteiger charge is 2.28. The predicted molar refractivity (Wildman–Crippen MR) is 107 cm³/mol. The number of aromatic nitrogens is 1. The maximum Gasteiger partial charge on any atom is 0.144 e. The standard InChI is InChI=1S/C19H28N2Si2/c1-22(2,3)19(17-14-10-11-15-20-17)18(21-23(4,5)6)16-12-8-7-9-13-16/h7-15,21H,1-6H3/b19-18-. The highest BCUT2D eigenvalue weighted by Crippen LogP contribution is 2.32. The highest BCUT2D eigenvalue weighted by atomic mass is 28.3. The van der Waals surface area contributed by atoms with E-state index in [4.69, 9.17) is 0 Å². The van der Waals surface area contributed by atoms with Crippen LogP contribution in [0.4, 0.5) is 0 Å². The van der Waals surface area contributed by atoms with Gasteiger partial charge < -0.3 is 4.98 Å². The van der Waals surface area contributed by atoms with E-state index in [0.29, 0.717) is 0 Å². The summed E-state index contributed by atoms with van der Waals surface area (Å²) in [6.07, 6.45) is 1.90. The Morgan fingerprint density at radius 3 is 1.91 bits per heavy atom. The first kappa shape index (κ1) is 17.7. The Morgan fingerprint density at radius 1 is 0.826 bits per heavy atom. The maximum absolute atomic E-state index is 4.67. The first-order chi connectivity index (χ1) is 10.7. The molecular formula is C19H28N2Si2. The van der Waals surface area contributed by atoms with Crippen molar-refractivity contribution in [1.82, 2.24) is 9.97 Å². The van der Waals surface area contributed by atoms with Gasteiger partial charge in [-0.1, -0.05) is 75.7 Å². The molecule has 0 unspecified atom stereocenters. The van der Waals surface area contributed by atoms with E-state index in [1.807, 2.05) is 12.3 Å². The summed E-state index contributed by atoms with van der Waals surface area (Å²) in [4.78, 5) is 8.57. The molecule has 23 heavy (non-hydrogen) atoms. The molecule has 122 valence electrons. The molecule has 2 rings (SSSR count). The summed E-state index contributed by atoms with van der Waals surface area (Å²) in [5.41, 5.74) is 3.65. The summed E-state index contributed by atoms with van der Waals surface area (Å²) in [6.45, 7) is 14.2. The lowest BCUT2D eigenvalue weighted by Gasteiger charge is -2.30. The molecule has 0 aliphatic carbocycles. The summed E-state index contributed by atoms with van der Waals surface area (Å²) in [5.74, 6) is 0. The van der Waals surface area contributed by atoms with Crippen molar-refractivity contribution in [2.24, 2.45) is 0 Å². The fraction of sp³-hybridized carbons (Fsp3) is 0.316. The van der Waals surface area contributed by atoms with Crippen LogP contribution in [-0.2, 0) is 0 Å². The third-order valence-electron chi connectivity index (χ3n) is 3.48. The van der Waals surface area contributed by atoms with Gasteiger partial charge in [-0.25, -0.2) is 0 Å². The van der Waals surface area contributed by atoms with Gasteiger partial charge in [-0.05, 0) is 22.9 Å². The molecule has 1 aromatic carbocycles. The number of benzene rings is 1. The van der Waals surface area contributed by atoms with Gasteiger partial charge in [0.1, 0.15) is 8.24 Å². The van der Waals surface area contributed by atoms with Crippen LogP contribution in [0.15, 0.2) is 54.7 Å². The summed E-state index contributed by atoms with van der Waals surface area (Å²) in [5, 5.41) is 1.41. The fourth-order valence-corrected chi connectivity index (χ4v) is 5.67. The molecule has 0 aliphatic heterocycles. The van der Waals surface area contributed by atoms with Gasteiger partial charge in [0, 0.05) is 11.9 Å². The van der Waals surface area contributed by atoms with E-state index < -0.39 is 16.3 Å². The van der Waals surface area contributed by atoms with E-state index in [1.54, 1.807) is 0 Å². The zero-order chi connectivity index (χ0) is 17.1. The van der Waals surface area contributed by atoms with Crippen LogP contribution in [0, 0.1) is 0 Å². The zero-order valence-corrected chi connectivity index (χ0v) is 17.1. The number of rotatable bonds is 5. The van der Waals surface area contributed by atoms with E-state index in [9.17, 15) is 0 Å². The smallest absolute Gasteiger partial charge is 0.144 e. The maximum atomic E-state index is 4.67. The summed E-state index contributed by atoms with van der Waals surface area (Å²) in [6, 6.07) is 16.9. The molecule has 2 aromatic rings. The number of hydrogen-bond donors (Lipinski definition) is 1. The molecule has 1 heterocycles. The summed E-state index contributed by atoms with van der Waals surface area (Å²) in [7, 11) is -3.09. The van der Waals surface area contributed by atoms with Crippen molar-refractivity contribution in [1.29, 1.82) is 0 Å². The van der Waals surface area contributed by atoms with Crippen molar-refractivity contribution < 1.29 is 0 Å². The second kappa shape index (κ2) is 6.85. The topological polar surface area (TPSA) is 24.9 Å². The summed E-state index contributed by atoms with van der Waals surface area (Å²) >= 11 is 0. The first-order valence-corrected chi connectivity index (χ1v) is 15.2. The summed E-state index contributed by atoms with van der Waals surface area (Å²) < 4.78 is 0. The molecule has 1 N–H and O–H groups in total. The van der Waals surface area contributed by atoms with Crippen LogP contribution < -0.4 is 4.98 Å². The Bertz CT molecular complexity index is 666. The van der Waals surface area contributed by atoms with Gasteiger partial charge in [-0.3, -0.25) is 4.98 Å². The average molecular weight is 341 g/mol. The van der Waals surface area contributed by atoms with Gasteiger partial charge in [0.05, 0.1) is 13.8 Å². The van der Waals surface area contributed by atoms with Crippen LogP contribution in [-0.4, -0.2) is 21.3 Å². The van der Waals surface area contributed by atoms with Crippen molar-refractivity contribution in [2.75, 3.05) is 0 Å². The normalized spacial score (nSPS) is 13.5. The Hall–Kier alpha value is -1.66.